The van der Waals surface area contributed by atoms with Gasteiger partial charge in [-0.05, 0) is 74.2 Å². The summed E-state index contributed by atoms with van der Waals surface area (Å²) in [5.74, 6) is 1.21. The Labute approximate surface area is 268 Å². The van der Waals surface area contributed by atoms with Gasteiger partial charge in [0.25, 0.3) is 0 Å². The topological polar surface area (TPSA) is 93.9 Å². The van der Waals surface area contributed by atoms with Crippen molar-refractivity contribution in [3.8, 4) is 17.1 Å². The van der Waals surface area contributed by atoms with Gasteiger partial charge in [0, 0.05) is 48.1 Å². The quantitative estimate of drug-likeness (QED) is 0.171. The minimum atomic E-state index is -0.246. The van der Waals surface area contributed by atoms with Crippen molar-refractivity contribution >= 4 is 29.0 Å². The number of likely N-dealkylation sites (N-methyl/N-ethyl adjacent to an activating group) is 1. The van der Waals surface area contributed by atoms with Crippen molar-refractivity contribution in [2.45, 2.75) is 79.6 Å². The van der Waals surface area contributed by atoms with Gasteiger partial charge >= 0.3 is 0 Å². The van der Waals surface area contributed by atoms with E-state index in [1.54, 1.807) is 18.7 Å². The van der Waals surface area contributed by atoms with Crippen molar-refractivity contribution in [1.82, 2.24) is 19.8 Å². The number of carbonyl (C=O) groups is 1. The fourth-order valence-electron chi connectivity index (χ4n) is 5.68. The second-order valence-electron chi connectivity index (χ2n) is 12.7. The fourth-order valence-corrected chi connectivity index (χ4v) is 5.68. The number of methoxy groups -OCH3 is 2. The lowest BCUT2D eigenvalue weighted by atomic mass is 9.90. The van der Waals surface area contributed by atoms with E-state index in [4.69, 9.17) is 14.6 Å². The number of hydrogen-bond donors (Lipinski definition) is 1. The molecule has 242 valence electrons. The molecule has 0 spiro atoms. The van der Waals surface area contributed by atoms with Gasteiger partial charge in [0.2, 0.25) is 5.91 Å². The van der Waals surface area contributed by atoms with Gasteiger partial charge in [-0.2, -0.15) is 9.61 Å². The van der Waals surface area contributed by atoms with Gasteiger partial charge in [0.15, 0.2) is 11.5 Å². The summed E-state index contributed by atoms with van der Waals surface area (Å²) < 4.78 is 12.9. The van der Waals surface area contributed by atoms with Gasteiger partial charge in [-0.1, -0.05) is 53.5 Å². The van der Waals surface area contributed by atoms with Crippen LogP contribution in [-0.4, -0.2) is 59.6 Å². The molecule has 0 aliphatic heterocycles. The molecule has 1 N–H and O–H groups in total. The third-order valence-electron chi connectivity index (χ3n) is 8.39. The molecule has 0 radical (unpaired) electrons. The van der Waals surface area contributed by atoms with E-state index in [1.165, 1.54) is 5.69 Å². The average Bonchev–Trinajstić information content (AvgIpc) is 3.59. The van der Waals surface area contributed by atoms with Gasteiger partial charge < -0.3 is 19.7 Å². The van der Waals surface area contributed by atoms with Gasteiger partial charge in [-0.3, -0.25) is 4.79 Å². The number of rotatable bonds is 14. The fraction of sp³-hybridized carbons (Fsp3) is 0.500. The van der Waals surface area contributed by atoms with Crippen LogP contribution >= 0.6 is 0 Å². The first kappa shape index (κ1) is 33.9. The lowest BCUT2D eigenvalue weighted by Gasteiger charge is -2.23. The number of carbonyl (C=O) groups excluding carboxylic acids is 1. The number of anilines is 2. The highest BCUT2D eigenvalue weighted by molar-refractivity contribution is 5.93. The van der Waals surface area contributed by atoms with E-state index in [1.807, 2.05) is 18.2 Å². The Bertz CT molecular complexity index is 1660. The standard InChI is InChI=1S/C36H50N6O3/c1-10-13-14-25(11-2)35(43)37-27-16-18-31(45-9)29(23-27)33-38-39-34-30(32(36(5,6)7)40-42(33)34)22-26-15-17-28(21-24(26)4)41(12-3)19-20-44-8/h15-18,21-23,25H,10-14,19-20H2,1-9H3,(H,37,43)/b30-22-. The summed E-state index contributed by atoms with van der Waals surface area (Å²) in [7, 11) is 3.36. The lowest BCUT2D eigenvalue weighted by molar-refractivity contribution is -0.120. The summed E-state index contributed by atoms with van der Waals surface area (Å²) in [5, 5.41) is 18.4. The van der Waals surface area contributed by atoms with E-state index in [0.29, 0.717) is 35.1 Å². The summed E-state index contributed by atoms with van der Waals surface area (Å²) >= 11 is 0. The van der Waals surface area contributed by atoms with Gasteiger partial charge in [0.05, 0.1) is 25.0 Å². The molecule has 0 aliphatic rings. The molecule has 0 saturated carbocycles. The number of hydrogen-bond acceptors (Lipinski definition) is 7. The number of nitrogens with zero attached hydrogens (tertiary/aromatic N) is 5. The molecule has 0 fully saturated rings. The second kappa shape index (κ2) is 14.9. The molecular formula is C36H50N6O3. The molecule has 2 heterocycles. The number of aryl methyl sites for hydroxylation is 1. The number of unbranched alkanes of at least 4 members (excludes halogenated alkanes) is 1. The number of benzene rings is 2. The van der Waals surface area contributed by atoms with Crippen LogP contribution < -0.4 is 20.2 Å². The molecule has 1 atom stereocenters. The van der Waals surface area contributed by atoms with Crippen LogP contribution in [0.15, 0.2) is 36.4 Å². The van der Waals surface area contributed by atoms with Crippen LogP contribution in [0.4, 0.5) is 11.4 Å². The molecule has 9 heteroatoms. The predicted molar refractivity (Wildman–Crippen MR) is 183 cm³/mol. The molecule has 4 aromatic rings. The van der Waals surface area contributed by atoms with E-state index in [9.17, 15) is 4.79 Å². The van der Waals surface area contributed by atoms with E-state index in [2.05, 4.69) is 93.2 Å². The first-order valence-corrected chi connectivity index (χ1v) is 16.2. The molecule has 0 aliphatic carbocycles. The summed E-state index contributed by atoms with van der Waals surface area (Å²) in [6.45, 7) is 17.4. The monoisotopic (exact) mass is 614 g/mol. The van der Waals surface area contributed by atoms with Gasteiger partial charge in [-0.15, -0.1) is 10.2 Å². The molecule has 1 unspecified atom stereocenters. The van der Waals surface area contributed by atoms with Crippen molar-refractivity contribution in [1.29, 1.82) is 0 Å². The van der Waals surface area contributed by atoms with Crippen LogP contribution in [0.25, 0.3) is 23.1 Å². The maximum atomic E-state index is 13.1. The third kappa shape index (κ3) is 7.64. The average molecular weight is 615 g/mol. The SMILES string of the molecule is CCCCC(CC)C(=O)Nc1ccc(OC)c(-c2nnc3/c(=C\c4ccc(N(CC)CCOC)cc4C)c(C(C)(C)C)nn23)c1. The van der Waals surface area contributed by atoms with Crippen molar-refractivity contribution in [3.05, 3.63) is 58.4 Å². The van der Waals surface area contributed by atoms with Gasteiger partial charge in [-0.25, -0.2) is 0 Å². The first-order chi connectivity index (χ1) is 21.6. The minimum absolute atomic E-state index is 0.0209. The number of fused-ring (bicyclic) bond motifs is 1. The highest BCUT2D eigenvalue weighted by Gasteiger charge is 2.26. The normalized spacial score (nSPS) is 13.0. The summed E-state index contributed by atoms with van der Waals surface area (Å²) in [6, 6.07) is 12.2. The van der Waals surface area contributed by atoms with Crippen LogP contribution in [0.5, 0.6) is 5.75 Å². The zero-order valence-corrected chi connectivity index (χ0v) is 28.5. The van der Waals surface area contributed by atoms with Crippen LogP contribution in [0, 0.1) is 12.8 Å². The summed E-state index contributed by atoms with van der Waals surface area (Å²) in [4.78, 5) is 15.4. The smallest absolute Gasteiger partial charge is 0.227 e. The van der Waals surface area contributed by atoms with Crippen LogP contribution in [0.1, 0.15) is 84.0 Å². The first-order valence-electron chi connectivity index (χ1n) is 16.2. The zero-order chi connectivity index (χ0) is 32.7. The minimum Gasteiger partial charge on any atom is -0.496 e. The Kier molecular flexibility index (Phi) is 11.2. The van der Waals surface area contributed by atoms with Crippen molar-refractivity contribution in [2.24, 2.45) is 5.92 Å². The maximum absolute atomic E-state index is 13.1. The van der Waals surface area contributed by atoms with E-state index < -0.39 is 0 Å². The van der Waals surface area contributed by atoms with Gasteiger partial charge in [0.1, 0.15) is 5.75 Å². The van der Waals surface area contributed by atoms with E-state index in [-0.39, 0.29) is 17.2 Å². The molecular weight excluding hydrogens is 564 g/mol. The van der Waals surface area contributed by atoms with E-state index in [0.717, 1.165) is 60.8 Å². The molecule has 4 rings (SSSR count). The van der Waals surface area contributed by atoms with E-state index >= 15 is 0 Å². The predicted octanol–water partition coefficient (Wildman–Crippen LogP) is 6.58. The number of aromatic nitrogens is 4. The molecule has 9 nitrogen and oxygen atoms in total. The maximum Gasteiger partial charge on any atom is 0.227 e. The van der Waals surface area contributed by atoms with Crippen LogP contribution in [0.3, 0.4) is 0 Å². The third-order valence-corrected chi connectivity index (χ3v) is 8.39. The molecule has 2 aromatic heterocycles. The largest absolute Gasteiger partial charge is 0.496 e. The lowest BCUT2D eigenvalue weighted by Crippen LogP contribution is -2.26. The molecule has 0 bridgehead atoms. The molecule has 0 saturated heterocycles. The van der Waals surface area contributed by atoms with Crippen molar-refractivity contribution in [3.63, 3.8) is 0 Å². The summed E-state index contributed by atoms with van der Waals surface area (Å²) in [6.07, 6.45) is 5.95. The number of amides is 1. The van der Waals surface area contributed by atoms with Crippen molar-refractivity contribution < 1.29 is 14.3 Å². The number of ether oxygens (including phenoxy) is 2. The Morgan fingerprint density at radius 2 is 1.87 bits per heavy atom. The molecule has 1 amide bonds. The highest BCUT2D eigenvalue weighted by Crippen LogP contribution is 2.32. The Morgan fingerprint density at radius 3 is 2.49 bits per heavy atom. The molecule has 45 heavy (non-hydrogen) atoms. The molecule has 2 aromatic carbocycles. The van der Waals surface area contributed by atoms with Crippen LogP contribution in [0.2, 0.25) is 0 Å². The number of nitrogens with one attached hydrogen (secondary N) is 1. The van der Waals surface area contributed by atoms with Crippen molar-refractivity contribution in [2.75, 3.05) is 44.1 Å². The zero-order valence-electron chi connectivity index (χ0n) is 28.5. The highest BCUT2D eigenvalue weighted by atomic mass is 16.5. The Balaban J connectivity index is 1.79. The Hall–Kier alpha value is -3.98. The second-order valence-corrected chi connectivity index (χ2v) is 12.7. The Morgan fingerprint density at radius 1 is 1.09 bits per heavy atom. The summed E-state index contributed by atoms with van der Waals surface area (Å²) in [5.41, 5.74) is 6.20. The van der Waals surface area contributed by atoms with Crippen LogP contribution in [-0.2, 0) is 14.9 Å².